The number of amides is 1. The zero-order chi connectivity index (χ0) is 19.1. The molecule has 0 saturated carbocycles. The first kappa shape index (κ1) is 18.4. The van der Waals surface area contributed by atoms with E-state index in [1.54, 1.807) is 13.2 Å². The molecule has 0 saturated heterocycles. The monoisotopic (exact) mass is 363 g/mol. The number of rotatable bonds is 7. The molecule has 0 atom stereocenters. The summed E-state index contributed by atoms with van der Waals surface area (Å²) in [6.45, 7) is 2.19. The van der Waals surface area contributed by atoms with Gasteiger partial charge < -0.3 is 14.6 Å². The van der Waals surface area contributed by atoms with Gasteiger partial charge in [0.15, 0.2) is 0 Å². The van der Waals surface area contributed by atoms with Gasteiger partial charge in [-0.2, -0.15) is 4.98 Å². The molecule has 6 nitrogen and oxygen atoms in total. The molecule has 3 aromatic rings. The predicted octanol–water partition coefficient (Wildman–Crippen LogP) is 3.86. The second-order valence-corrected chi connectivity index (χ2v) is 5.85. The number of carbonyl (C=O) groups is 1. The Morgan fingerprint density at radius 1 is 1.15 bits per heavy atom. The van der Waals surface area contributed by atoms with Crippen molar-refractivity contribution in [3.63, 3.8) is 0 Å². The van der Waals surface area contributed by atoms with Gasteiger partial charge in [0, 0.05) is 11.6 Å². The van der Waals surface area contributed by atoms with Crippen LogP contribution in [0.4, 0.5) is 0 Å². The average Bonchev–Trinajstić information content (AvgIpc) is 3.20. The molecule has 6 heteroatoms. The van der Waals surface area contributed by atoms with Crippen LogP contribution in [0, 0.1) is 0 Å². The summed E-state index contributed by atoms with van der Waals surface area (Å²) in [6, 6.07) is 17.2. The Kier molecular flexibility index (Phi) is 5.99. The summed E-state index contributed by atoms with van der Waals surface area (Å²) < 4.78 is 10.3. The summed E-state index contributed by atoms with van der Waals surface area (Å²) in [5.41, 5.74) is 2.82. The lowest BCUT2D eigenvalue weighted by Gasteiger charge is -2.05. The van der Waals surface area contributed by atoms with Crippen molar-refractivity contribution in [3.05, 3.63) is 72.1 Å². The zero-order valence-corrected chi connectivity index (χ0v) is 15.3. The van der Waals surface area contributed by atoms with Crippen molar-refractivity contribution in [1.29, 1.82) is 0 Å². The molecule has 138 valence electrons. The molecule has 2 aromatic carbocycles. The quantitative estimate of drug-likeness (QED) is 0.645. The molecule has 0 radical (unpaired) electrons. The predicted molar refractivity (Wildman–Crippen MR) is 103 cm³/mol. The highest BCUT2D eigenvalue weighted by Gasteiger charge is 2.10. The molecule has 0 bridgehead atoms. The summed E-state index contributed by atoms with van der Waals surface area (Å²) in [7, 11) is 1.61. The number of carbonyl (C=O) groups excluding carboxylic acids is 1. The van der Waals surface area contributed by atoms with Crippen LogP contribution in [0.1, 0.15) is 24.8 Å². The summed E-state index contributed by atoms with van der Waals surface area (Å²) in [5.74, 6) is 1.38. The molecule has 0 aliphatic rings. The van der Waals surface area contributed by atoms with Crippen molar-refractivity contribution in [1.82, 2.24) is 15.5 Å². The van der Waals surface area contributed by atoms with E-state index in [4.69, 9.17) is 9.26 Å². The fourth-order valence-corrected chi connectivity index (χ4v) is 2.60. The highest BCUT2D eigenvalue weighted by molar-refractivity contribution is 5.95. The molecule has 1 N–H and O–H groups in total. The van der Waals surface area contributed by atoms with Crippen LogP contribution in [0.2, 0.25) is 0 Å². The first-order chi connectivity index (χ1) is 13.2. The zero-order valence-electron chi connectivity index (χ0n) is 15.3. The van der Waals surface area contributed by atoms with Crippen LogP contribution in [0.15, 0.2) is 65.2 Å². The largest absolute Gasteiger partial charge is 0.497 e. The van der Waals surface area contributed by atoms with E-state index in [2.05, 4.69) is 15.5 Å². The van der Waals surface area contributed by atoms with Gasteiger partial charge in [-0.05, 0) is 41.8 Å². The Balaban J connectivity index is 1.62. The summed E-state index contributed by atoms with van der Waals surface area (Å²) >= 11 is 0. The molecule has 3 rings (SSSR count). The number of aromatic nitrogens is 2. The highest BCUT2D eigenvalue weighted by atomic mass is 16.5. The number of allylic oxidation sites excluding steroid dienone is 1. The molecule has 0 spiro atoms. The lowest BCUT2D eigenvalue weighted by molar-refractivity contribution is -0.116. The van der Waals surface area contributed by atoms with Crippen LogP contribution in [0.3, 0.4) is 0 Å². The third-order valence-electron chi connectivity index (χ3n) is 4.06. The lowest BCUT2D eigenvalue weighted by atomic mass is 10.0. The number of nitrogens with one attached hydrogen (secondary N) is 1. The van der Waals surface area contributed by atoms with E-state index in [0.29, 0.717) is 11.7 Å². The normalized spacial score (nSPS) is 11.3. The first-order valence-electron chi connectivity index (χ1n) is 8.70. The summed E-state index contributed by atoms with van der Waals surface area (Å²) in [4.78, 5) is 16.5. The molecule has 1 amide bonds. The third-order valence-corrected chi connectivity index (χ3v) is 4.06. The van der Waals surface area contributed by atoms with Crippen LogP contribution >= 0.6 is 0 Å². The van der Waals surface area contributed by atoms with Gasteiger partial charge in [-0.15, -0.1) is 0 Å². The Labute approximate surface area is 157 Å². The molecule has 27 heavy (non-hydrogen) atoms. The third kappa shape index (κ3) is 4.82. The van der Waals surface area contributed by atoms with E-state index < -0.39 is 0 Å². The minimum atomic E-state index is -0.195. The molecule has 1 aromatic heterocycles. The Bertz CT molecular complexity index is 915. The van der Waals surface area contributed by atoms with Gasteiger partial charge in [-0.25, -0.2) is 0 Å². The van der Waals surface area contributed by atoms with Crippen LogP contribution in [-0.2, 0) is 11.3 Å². The highest BCUT2D eigenvalue weighted by Crippen LogP contribution is 2.20. The fraction of sp³-hybridized carbons (Fsp3) is 0.190. The van der Waals surface area contributed by atoms with Gasteiger partial charge in [-0.3, -0.25) is 4.79 Å². The van der Waals surface area contributed by atoms with E-state index in [1.165, 1.54) is 0 Å². The molecule has 0 aliphatic heterocycles. The number of benzene rings is 2. The Morgan fingerprint density at radius 2 is 1.89 bits per heavy atom. The molecule has 0 fully saturated rings. The van der Waals surface area contributed by atoms with E-state index in [9.17, 15) is 4.79 Å². The van der Waals surface area contributed by atoms with Gasteiger partial charge in [0.25, 0.3) is 0 Å². The standard InChI is InChI=1S/C21H21N3O3/c1-3-15(16-7-5-4-6-8-16)13-19(25)22-14-20-23-21(24-27-20)17-9-11-18(26-2)12-10-17/h4-13H,3,14H2,1-2H3,(H,22,25)/b15-13+. The molecular weight excluding hydrogens is 342 g/mol. The summed E-state index contributed by atoms with van der Waals surface area (Å²) in [6.07, 6.45) is 2.37. The smallest absolute Gasteiger partial charge is 0.246 e. The molecule has 0 unspecified atom stereocenters. The lowest BCUT2D eigenvalue weighted by Crippen LogP contribution is -2.21. The van der Waals surface area contributed by atoms with Gasteiger partial charge in [0.2, 0.25) is 17.6 Å². The van der Waals surface area contributed by atoms with Crippen LogP contribution in [0.25, 0.3) is 17.0 Å². The van der Waals surface area contributed by atoms with Crippen molar-refractivity contribution >= 4 is 11.5 Å². The van der Waals surface area contributed by atoms with Crippen molar-refractivity contribution in [2.24, 2.45) is 0 Å². The molecule has 0 aliphatic carbocycles. The molecular formula is C21H21N3O3. The van der Waals surface area contributed by atoms with Gasteiger partial charge in [0.1, 0.15) is 5.75 Å². The van der Waals surface area contributed by atoms with E-state index >= 15 is 0 Å². The maximum absolute atomic E-state index is 12.2. The van der Waals surface area contributed by atoms with Gasteiger partial charge in [-0.1, -0.05) is 42.4 Å². The number of methoxy groups -OCH3 is 1. The van der Waals surface area contributed by atoms with E-state index in [1.807, 2.05) is 61.5 Å². The number of hydrogen-bond donors (Lipinski definition) is 1. The van der Waals surface area contributed by atoms with Crippen LogP contribution < -0.4 is 10.1 Å². The topological polar surface area (TPSA) is 77.2 Å². The maximum Gasteiger partial charge on any atom is 0.246 e. The first-order valence-corrected chi connectivity index (χ1v) is 8.70. The van der Waals surface area contributed by atoms with Crippen molar-refractivity contribution < 1.29 is 14.1 Å². The Morgan fingerprint density at radius 3 is 2.56 bits per heavy atom. The van der Waals surface area contributed by atoms with E-state index in [-0.39, 0.29) is 12.5 Å². The second-order valence-electron chi connectivity index (χ2n) is 5.85. The minimum absolute atomic E-state index is 0.171. The van der Waals surface area contributed by atoms with Crippen molar-refractivity contribution in [3.8, 4) is 17.1 Å². The number of nitrogens with zero attached hydrogens (tertiary/aromatic N) is 2. The Hall–Kier alpha value is -3.41. The second kappa shape index (κ2) is 8.80. The molecule has 1 heterocycles. The van der Waals surface area contributed by atoms with Crippen molar-refractivity contribution in [2.45, 2.75) is 19.9 Å². The van der Waals surface area contributed by atoms with Crippen LogP contribution in [0.5, 0.6) is 5.75 Å². The van der Waals surface area contributed by atoms with E-state index in [0.717, 1.165) is 28.9 Å². The fourth-order valence-electron chi connectivity index (χ4n) is 2.60. The minimum Gasteiger partial charge on any atom is -0.497 e. The van der Waals surface area contributed by atoms with Gasteiger partial charge in [0.05, 0.1) is 13.7 Å². The summed E-state index contributed by atoms with van der Waals surface area (Å²) in [5, 5.41) is 6.74. The van der Waals surface area contributed by atoms with Crippen LogP contribution in [-0.4, -0.2) is 23.2 Å². The SMILES string of the molecule is CC/C(=C\C(=O)NCc1nc(-c2ccc(OC)cc2)no1)c1ccccc1. The number of ether oxygens (including phenoxy) is 1. The number of hydrogen-bond acceptors (Lipinski definition) is 5. The van der Waals surface area contributed by atoms with Crippen molar-refractivity contribution in [2.75, 3.05) is 7.11 Å². The average molecular weight is 363 g/mol. The maximum atomic E-state index is 12.2. The van der Waals surface area contributed by atoms with Gasteiger partial charge >= 0.3 is 0 Å².